The van der Waals surface area contributed by atoms with E-state index in [2.05, 4.69) is 23.7 Å². The van der Waals surface area contributed by atoms with Crippen LogP contribution < -0.4 is 4.90 Å². The number of rotatable bonds is 8. The van der Waals surface area contributed by atoms with Crippen LogP contribution in [0.1, 0.15) is 37.0 Å². The third-order valence-electron chi connectivity index (χ3n) is 3.14. The van der Waals surface area contributed by atoms with Crippen molar-refractivity contribution >= 4 is 12.1 Å². The van der Waals surface area contributed by atoms with E-state index in [9.17, 15) is 4.79 Å². The molecular formula is C14H22N2O2. The van der Waals surface area contributed by atoms with Crippen molar-refractivity contribution in [2.24, 2.45) is 0 Å². The van der Waals surface area contributed by atoms with Crippen LogP contribution in [0.3, 0.4) is 0 Å². The summed E-state index contributed by atoms with van der Waals surface area (Å²) in [6, 6.07) is 3.97. The van der Waals surface area contributed by atoms with Crippen molar-refractivity contribution in [2.75, 3.05) is 25.2 Å². The summed E-state index contributed by atoms with van der Waals surface area (Å²) in [5.74, 6) is 0.762. The molecule has 0 spiro atoms. The number of aromatic nitrogens is 1. The molecule has 0 fully saturated rings. The van der Waals surface area contributed by atoms with Gasteiger partial charge in [0.05, 0.1) is 12.2 Å². The van der Waals surface area contributed by atoms with Crippen LogP contribution in [0.2, 0.25) is 0 Å². The van der Waals surface area contributed by atoms with E-state index in [1.807, 2.05) is 0 Å². The van der Waals surface area contributed by atoms with E-state index >= 15 is 0 Å². The normalized spacial score (nSPS) is 10.7. The lowest BCUT2D eigenvalue weighted by atomic mass is 10.1. The van der Waals surface area contributed by atoms with Crippen LogP contribution in [0, 0.1) is 0 Å². The van der Waals surface area contributed by atoms with Crippen LogP contribution in [0.15, 0.2) is 18.3 Å². The first-order valence-corrected chi connectivity index (χ1v) is 6.44. The van der Waals surface area contributed by atoms with E-state index in [1.54, 1.807) is 25.4 Å². The summed E-state index contributed by atoms with van der Waals surface area (Å²) in [4.78, 5) is 17.6. The Bertz CT molecular complexity index is 365. The van der Waals surface area contributed by atoms with E-state index in [0.29, 0.717) is 18.2 Å². The molecule has 100 valence electrons. The number of carbonyl (C=O) groups is 1. The molecule has 0 aliphatic heterocycles. The summed E-state index contributed by atoms with van der Waals surface area (Å²) >= 11 is 0. The zero-order chi connectivity index (χ0) is 13.4. The van der Waals surface area contributed by atoms with Gasteiger partial charge < -0.3 is 9.64 Å². The number of carbonyl (C=O) groups excluding carboxylic acids is 1. The van der Waals surface area contributed by atoms with Crippen LogP contribution in [0.25, 0.3) is 0 Å². The smallest absolute Gasteiger partial charge is 0.153 e. The zero-order valence-corrected chi connectivity index (χ0v) is 11.4. The highest BCUT2D eigenvalue weighted by Gasteiger charge is 2.19. The highest BCUT2D eigenvalue weighted by atomic mass is 16.5. The van der Waals surface area contributed by atoms with Crippen LogP contribution >= 0.6 is 0 Å². The average molecular weight is 250 g/mol. The number of aldehydes is 1. The molecule has 0 bridgehead atoms. The summed E-state index contributed by atoms with van der Waals surface area (Å²) in [5.41, 5.74) is 0.639. The summed E-state index contributed by atoms with van der Waals surface area (Å²) in [7, 11) is 1.68. The van der Waals surface area contributed by atoms with Crippen molar-refractivity contribution in [1.29, 1.82) is 0 Å². The third-order valence-corrected chi connectivity index (χ3v) is 3.14. The lowest BCUT2D eigenvalue weighted by molar-refractivity contribution is 0.112. The maximum absolute atomic E-state index is 11.1. The second-order valence-corrected chi connectivity index (χ2v) is 4.19. The maximum atomic E-state index is 11.1. The van der Waals surface area contributed by atoms with Gasteiger partial charge in [0.15, 0.2) is 6.29 Å². The SMILES string of the molecule is CCC(CC)N(CCOC)c1ncccc1C=O. The summed E-state index contributed by atoms with van der Waals surface area (Å²) in [6.07, 6.45) is 4.64. The van der Waals surface area contributed by atoms with E-state index in [1.165, 1.54) is 0 Å². The van der Waals surface area contributed by atoms with E-state index < -0.39 is 0 Å². The van der Waals surface area contributed by atoms with Gasteiger partial charge in [-0.25, -0.2) is 4.98 Å². The van der Waals surface area contributed by atoms with Gasteiger partial charge in [-0.2, -0.15) is 0 Å². The molecule has 1 rings (SSSR count). The molecule has 0 aliphatic carbocycles. The van der Waals surface area contributed by atoms with E-state index in [-0.39, 0.29) is 0 Å². The Morgan fingerprint density at radius 3 is 2.72 bits per heavy atom. The first kappa shape index (κ1) is 14.6. The Kier molecular flexibility index (Phi) is 6.36. The minimum Gasteiger partial charge on any atom is -0.383 e. The minimum absolute atomic E-state index is 0.383. The van der Waals surface area contributed by atoms with E-state index in [4.69, 9.17) is 4.74 Å². The van der Waals surface area contributed by atoms with Gasteiger partial charge in [-0.3, -0.25) is 4.79 Å². The predicted molar refractivity (Wildman–Crippen MR) is 73.2 cm³/mol. The average Bonchev–Trinajstić information content (AvgIpc) is 2.43. The molecule has 0 N–H and O–H groups in total. The molecule has 4 nitrogen and oxygen atoms in total. The molecule has 1 aromatic heterocycles. The van der Waals surface area contributed by atoms with Crippen molar-refractivity contribution < 1.29 is 9.53 Å². The molecule has 0 saturated carbocycles. The van der Waals surface area contributed by atoms with Crippen molar-refractivity contribution in [2.45, 2.75) is 32.7 Å². The predicted octanol–water partition coefficient (Wildman–Crippen LogP) is 2.54. The fourth-order valence-electron chi connectivity index (χ4n) is 2.12. The van der Waals surface area contributed by atoms with Gasteiger partial charge in [-0.15, -0.1) is 0 Å². The largest absolute Gasteiger partial charge is 0.383 e. The first-order chi connectivity index (χ1) is 8.78. The van der Waals surface area contributed by atoms with Gasteiger partial charge in [-0.05, 0) is 25.0 Å². The number of anilines is 1. The summed E-state index contributed by atoms with van der Waals surface area (Å²) < 4.78 is 5.15. The van der Waals surface area contributed by atoms with Gasteiger partial charge in [0.2, 0.25) is 0 Å². The van der Waals surface area contributed by atoms with Gasteiger partial charge in [0.25, 0.3) is 0 Å². The monoisotopic (exact) mass is 250 g/mol. The van der Waals surface area contributed by atoms with Gasteiger partial charge in [-0.1, -0.05) is 13.8 Å². The number of ether oxygens (including phenoxy) is 1. The summed E-state index contributed by atoms with van der Waals surface area (Å²) in [6.45, 7) is 5.68. The van der Waals surface area contributed by atoms with Crippen LogP contribution in [0.5, 0.6) is 0 Å². The second kappa shape index (κ2) is 7.82. The molecule has 1 heterocycles. The number of hydrogen-bond donors (Lipinski definition) is 0. The molecule has 0 aromatic carbocycles. The molecule has 0 aliphatic rings. The highest BCUT2D eigenvalue weighted by Crippen LogP contribution is 2.21. The van der Waals surface area contributed by atoms with Gasteiger partial charge in [0.1, 0.15) is 5.82 Å². The van der Waals surface area contributed by atoms with E-state index in [0.717, 1.165) is 31.5 Å². The topological polar surface area (TPSA) is 42.4 Å². The Morgan fingerprint density at radius 2 is 2.17 bits per heavy atom. The molecule has 0 saturated heterocycles. The van der Waals surface area contributed by atoms with Crippen LogP contribution in [0.4, 0.5) is 5.82 Å². The highest BCUT2D eigenvalue weighted by molar-refractivity contribution is 5.82. The molecule has 18 heavy (non-hydrogen) atoms. The Labute approximate surface area is 109 Å². The lowest BCUT2D eigenvalue weighted by Gasteiger charge is -2.32. The number of nitrogens with zero attached hydrogens (tertiary/aromatic N) is 2. The standard InChI is InChI=1S/C14H22N2O2/c1-4-13(5-2)16(9-10-18-3)14-12(11-17)7-6-8-15-14/h6-8,11,13H,4-5,9-10H2,1-3H3. The molecule has 1 aromatic rings. The van der Waals surface area contributed by atoms with Crippen molar-refractivity contribution in [1.82, 2.24) is 4.98 Å². The van der Waals surface area contributed by atoms with Crippen molar-refractivity contribution in [3.05, 3.63) is 23.9 Å². The van der Waals surface area contributed by atoms with Crippen LogP contribution in [-0.2, 0) is 4.74 Å². The third kappa shape index (κ3) is 3.53. The Hall–Kier alpha value is -1.42. The second-order valence-electron chi connectivity index (χ2n) is 4.19. The van der Waals surface area contributed by atoms with Crippen molar-refractivity contribution in [3.63, 3.8) is 0 Å². The Balaban J connectivity index is 3.03. The fraction of sp³-hybridized carbons (Fsp3) is 0.571. The number of methoxy groups -OCH3 is 1. The molecule has 0 unspecified atom stereocenters. The zero-order valence-electron chi connectivity index (χ0n) is 11.4. The molecule has 0 amide bonds. The van der Waals surface area contributed by atoms with Gasteiger partial charge in [0, 0.05) is 25.9 Å². The van der Waals surface area contributed by atoms with Crippen molar-refractivity contribution in [3.8, 4) is 0 Å². The first-order valence-electron chi connectivity index (χ1n) is 6.44. The molecule has 0 radical (unpaired) electrons. The summed E-state index contributed by atoms with van der Waals surface area (Å²) in [5, 5.41) is 0. The molecular weight excluding hydrogens is 228 g/mol. The number of pyridine rings is 1. The van der Waals surface area contributed by atoms with Gasteiger partial charge >= 0.3 is 0 Å². The Morgan fingerprint density at radius 1 is 1.44 bits per heavy atom. The minimum atomic E-state index is 0.383. The maximum Gasteiger partial charge on any atom is 0.153 e. The fourth-order valence-corrected chi connectivity index (χ4v) is 2.12. The molecule has 4 heteroatoms. The number of hydrogen-bond acceptors (Lipinski definition) is 4. The molecule has 0 atom stereocenters. The van der Waals surface area contributed by atoms with Crippen LogP contribution in [-0.4, -0.2) is 37.6 Å². The quantitative estimate of drug-likeness (QED) is 0.665. The lowest BCUT2D eigenvalue weighted by Crippen LogP contribution is -2.38.